The minimum atomic E-state index is -3.72. The first-order chi connectivity index (χ1) is 9.92. The fourth-order valence-electron chi connectivity index (χ4n) is 1.55. The normalized spacial score (nSPS) is 11.2. The Morgan fingerprint density at radius 2 is 2.00 bits per heavy atom. The molecule has 0 radical (unpaired) electrons. The molecule has 1 heterocycles. The van der Waals surface area contributed by atoms with Gasteiger partial charge in [0.05, 0.1) is 11.1 Å². The second kappa shape index (κ2) is 6.64. The van der Waals surface area contributed by atoms with Crippen LogP contribution in [0.15, 0.2) is 45.9 Å². The molecule has 0 unspecified atom stereocenters. The number of benzene rings is 1. The van der Waals surface area contributed by atoms with Crippen molar-refractivity contribution in [2.75, 3.05) is 11.3 Å². The lowest BCUT2D eigenvalue weighted by Gasteiger charge is -2.09. The first-order valence-electron chi connectivity index (χ1n) is 5.99. The number of hydrogen-bond acceptors (Lipinski definition) is 4. The van der Waals surface area contributed by atoms with Crippen LogP contribution in [0.4, 0.5) is 5.69 Å². The fourth-order valence-corrected chi connectivity index (χ4v) is 3.18. The van der Waals surface area contributed by atoms with Crippen molar-refractivity contribution >= 4 is 43.2 Å². The molecule has 1 aromatic carbocycles. The van der Waals surface area contributed by atoms with E-state index < -0.39 is 10.0 Å². The number of rotatable bonds is 5. The van der Waals surface area contributed by atoms with Gasteiger partial charge in [-0.05, 0) is 53.2 Å². The van der Waals surface area contributed by atoms with Crippen LogP contribution in [0.1, 0.15) is 6.92 Å². The number of ether oxygens (including phenoxy) is 1. The maximum atomic E-state index is 12.2. The molecule has 2 rings (SSSR count). The third-order valence-electron chi connectivity index (χ3n) is 2.50. The van der Waals surface area contributed by atoms with E-state index in [2.05, 4.69) is 25.6 Å². The summed E-state index contributed by atoms with van der Waals surface area (Å²) in [5, 5.41) is 0.204. The molecule has 0 aliphatic carbocycles. The van der Waals surface area contributed by atoms with E-state index in [1.807, 2.05) is 6.92 Å². The van der Waals surface area contributed by atoms with Crippen LogP contribution in [0.3, 0.4) is 0 Å². The van der Waals surface area contributed by atoms with E-state index in [0.29, 0.717) is 22.5 Å². The molecule has 0 saturated heterocycles. The maximum Gasteiger partial charge on any atom is 0.263 e. The summed E-state index contributed by atoms with van der Waals surface area (Å²) in [6.07, 6.45) is 1.20. The predicted molar refractivity (Wildman–Crippen MR) is 85.4 cm³/mol. The van der Waals surface area contributed by atoms with Gasteiger partial charge in [0.25, 0.3) is 10.0 Å². The molecular weight excluding hydrogens is 380 g/mol. The monoisotopic (exact) mass is 390 g/mol. The molecule has 21 heavy (non-hydrogen) atoms. The van der Waals surface area contributed by atoms with Crippen molar-refractivity contribution in [1.29, 1.82) is 0 Å². The Morgan fingerprint density at radius 3 is 2.57 bits per heavy atom. The van der Waals surface area contributed by atoms with Crippen molar-refractivity contribution in [3.8, 4) is 5.75 Å². The van der Waals surface area contributed by atoms with Crippen molar-refractivity contribution in [2.45, 2.75) is 11.8 Å². The molecule has 0 aliphatic rings. The molecule has 2 aromatic rings. The van der Waals surface area contributed by atoms with Crippen molar-refractivity contribution in [3.63, 3.8) is 0 Å². The van der Waals surface area contributed by atoms with Crippen molar-refractivity contribution < 1.29 is 13.2 Å². The number of nitrogens with one attached hydrogen (secondary N) is 1. The minimum absolute atomic E-state index is 0.0210. The van der Waals surface area contributed by atoms with Crippen LogP contribution in [-0.4, -0.2) is 20.0 Å². The minimum Gasteiger partial charge on any atom is -0.494 e. The highest BCUT2D eigenvalue weighted by Crippen LogP contribution is 2.24. The molecule has 0 amide bonds. The van der Waals surface area contributed by atoms with Gasteiger partial charge in [-0.25, -0.2) is 13.4 Å². The smallest absolute Gasteiger partial charge is 0.263 e. The Labute approximate surface area is 136 Å². The highest BCUT2D eigenvalue weighted by atomic mass is 79.9. The van der Waals surface area contributed by atoms with Crippen molar-refractivity contribution in [1.82, 2.24) is 4.98 Å². The zero-order valence-electron chi connectivity index (χ0n) is 11.0. The molecule has 0 fully saturated rings. The van der Waals surface area contributed by atoms with Crippen LogP contribution in [0.2, 0.25) is 5.15 Å². The van der Waals surface area contributed by atoms with Gasteiger partial charge in [-0.15, -0.1) is 0 Å². The number of hydrogen-bond donors (Lipinski definition) is 1. The number of aromatic nitrogens is 1. The van der Waals surface area contributed by atoms with E-state index in [-0.39, 0.29) is 10.0 Å². The third-order valence-corrected chi connectivity index (χ3v) is 4.98. The standard InChI is InChI=1S/C13H12BrClN2O3S/c1-2-20-10-5-3-9(4-6-10)17-21(18,19)11-7-12(14)13(15)16-8-11/h3-8,17H,2H2,1H3. The van der Waals surface area contributed by atoms with Crippen LogP contribution in [-0.2, 0) is 10.0 Å². The van der Waals surface area contributed by atoms with E-state index in [4.69, 9.17) is 16.3 Å². The number of pyridine rings is 1. The lowest BCUT2D eigenvalue weighted by atomic mass is 10.3. The summed E-state index contributed by atoms with van der Waals surface area (Å²) in [5.41, 5.74) is 0.435. The highest BCUT2D eigenvalue weighted by molar-refractivity contribution is 9.10. The van der Waals surface area contributed by atoms with Crippen LogP contribution in [0.25, 0.3) is 0 Å². The first-order valence-corrected chi connectivity index (χ1v) is 8.64. The topological polar surface area (TPSA) is 68.3 Å². The van der Waals surface area contributed by atoms with Gasteiger partial charge >= 0.3 is 0 Å². The number of anilines is 1. The number of sulfonamides is 1. The maximum absolute atomic E-state index is 12.2. The molecule has 112 valence electrons. The number of nitrogens with zero attached hydrogens (tertiary/aromatic N) is 1. The Bertz CT molecular complexity index is 736. The van der Waals surface area contributed by atoms with Crippen LogP contribution >= 0.6 is 27.5 Å². The van der Waals surface area contributed by atoms with E-state index in [1.54, 1.807) is 24.3 Å². The quantitative estimate of drug-likeness (QED) is 0.789. The molecule has 8 heteroatoms. The van der Waals surface area contributed by atoms with Gasteiger partial charge in [0.2, 0.25) is 0 Å². The van der Waals surface area contributed by atoms with Crippen LogP contribution in [0.5, 0.6) is 5.75 Å². The lowest BCUT2D eigenvalue weighted by Crippen LogP contribution is -2.13. The molecule has 0 bridgehead atoms. The van der Waals surface area contributed by atoms with Crippen LogP contribution < -0.4 is 9.46 Å². The Hall–Kier alpha value is -1.31. The molecule has 0 atom stereocenters. The zero-order chi connectivity index (χ0) is 15.5. The highest BCUT2D eigenvalue weighted by Gasteiger charge is 2.16. The van der Waals surface area contributed by atoms with E-state index >= 15 is 0 Å². The van der Waals surface area contributed by atoms with Crippen molar-refractivity contribution in [2.24, 2.45) is 0 Å². The fraction of sp³-hybridized carbons (Fsp3) is 0.154. The van der Waals surface area contributed by atoms with E-state index in [9.17, 15) is 8.42 Å². The van der Waals surface area contributed by atoms with Gasteiger partial charge in [-0.1, -0.05) is 11.6 Å². The summed E-state index contributed by atoms with van der Waals surface area (Å²) in [4.78, 5) is 3.83. The summed E-state index contributed by atoms with van der Waals surface area (Å²) >= 11 is 8.90. The van der Waals surface area contributed by atoms with Gasteiger partial charge in [0.1, 0.15) is 15.8 Å². The average molecular weight is 392 g/mol. The SMILES string of the molecule is CCOc1ccc(NS(=O)(=O)c2cnc(Cl)c(Br)c2)cc1. The van der Waals surface area contributed by atoms with E-state index in [0.717, 1.165) is 0 Å². The summed E-state index contributed by atoms with van der Waals surface area (Å²) in [5.74, 6) is 0.677. The van der Waals surface area contributed by atoms with E-state index in [1.165, 1.54) is 12.3 Å². The molecular formula is C13H12BrClN2O3S. The Kier molecular flexibility index (Phi) is 5.08. The Morgan fingerprint density at radius 1 is 1.33 bits per heavy atom. The molecule has 0 spiro atoms. The third kappa shape index (κ3) is 4.09. The van der Waals surface area contributed by atoms with Gasteiger partial charge in [0, 0.05) is 11.9 Å². The molecule has 0 aliphatic heterocycles. The summed E-state index contributed by atoms with van der Waals surface area (Å²) in [6, 6.07) is 8.03. The van der Waals surface area contributed by atoms with Gasteiger partial charge in [-0.2, -0.15) is 0 Å². The van der Waals surface area contributed by atoms with Gasteiger partial charge in [0.15, 0.2) is 0 Å². The molecule has 0 saturated carbocycles. The molecule has 1 N–H and O–H groups in total. The molecule has 5 nitrogen and oxygen atoms in total. The van der Waals surface area contributed by atoms with Gasteiger partial charge < -0.3 is 4.74 Å². The second-order valence-corrected chi connectivity index (χ2v) is 6.90. The average Bonchev–Trinajstić information content (AvgIpc) is 2.44. The summed E-state index contributed by atoms with van der Waals surface area (Å²) in [6.45, 7) is 2.43. The first kappa shape index (κ1) is 16.1. The number of halogens is 2. The Balaban J connectivity index is 2.22. The zero-order valence-corrected chi connectivity index (χ0v) is 14.2. The largest absolute Gasteiger partial charge is 0.494 e. The lowest BCUT2D eigenvalue weighted by molar-refractivity contribution is 0.340. The second-order valence-electron chi connectivity index (χ2n) is 4.01. The summed E-state index contributed by atoms with van der Waals surface area (Å²) in [7, 11) is -3.72. The molecule has 1 aromatic heterocycles. The predicted octanol–water partition coefficient (Wildman–Crippen LogP) is 3.70. The van der Waals surface area contributed by atoms with Crippen molar-refractivity contribution in [3.05, 3.63) is 46.2 Å². The summed E-state index contributed by atoms with van der Waals surface area (Å²) < 4.78 is 32.6. The van der Waals surface area contributed by atoms with Crippen LogP contribution in [0, 0.1) is 0 Å². The van der Waals surface area contributed by atoms with Gasteiger partial charge in [-0.3, -0.25) is 4.72 Å².